The van der Waals surface area contributed by atoms with Crippen LogP contribution in [-0.2, 0) is 4.79 Å². The van der Waals surface area contributed by atoms with Crippen molar-refractivity contribution in [2.75, 3.05) is 23.0 Å². The monoisotopic (exact) mass is 490 g/mol. The number of hydrogen-bond acceptors (Lipinski definition) is 5. The van der Waals surface area contributed by atoms with Gasteiger partial charge in [0.1, 0.15) is 5.78 Å². The Hall–Kier alpha value is 0.290. The first-order chi connectivity index (χ1) is 15.6. The molecule has 0 saturated carbocycles. The van der Waals surface area contributed by atoms with Crippen LogP contribution in [0.5, 0.6) is 0 Å². The highest BCUT2D eigenvalue weighted by Gasteiger charge is 2.07. The molecule has 0 amide bonds. The van der Waals surface area contributed by atoms with E-state index in [0.29, 0.717) is 18.6 Å². The van der Waals surface area contributed by atoms with Gasteiger partial charge in [0.15, 0.2) is 0 Å². The molecule has 0 aromatic rings. The van der Waals surface area contributed by atoms with Crippen LogP contribution in [0.15, 0.2) is 0 Å². The lowest BCUT2D eigenvalue weighted by Gasteiger charge is -2.10. The van der Waals surface area contributed by atoms with Crippen molar-refractivity contribution in [3.8, 4) is 0 Å². The molecular weight excluding hydrogens is 436 g/mol. The Kier molecular flexibility index (Phi) is 26.1. The number of carbonyl (C=O) groups excluding carboxylic acids is 1. The lowest BCUT2D eigenvalue weighted by atomic mass is 10.0. The molecule has 5 heteroatoms. The number of carbonyl (C=O) groups is 1. The topological polar surface area (TPSA) is 57.5 Å². The van der Waals surface area contributed by atoms with Crippen LogP contribution >= 0.6 is 23.5 Å². The molecule has 0 radical (unpaired) electrons. The van der Waals surface area contributed by atoms with Gasteiger partial charge in [-0.2, -0.15) is 23.5 Å². The van der Waals surface area contributed by atoms with Crippen molar-refractivity contribution in [1.29, 1.82) is 0 Å². The summed E-state index contributed by atoms with van der Waals surface area (Å²) in [4.78, 5) is 12.0. The molecule has 0 saturated heterocycles. The van der Waals surface area contributed by atoms with E-state index in [1.54, 1.807) is 0 Å². The summed E-state index contributed by atoms with van der Waals surface area (Å²) in [6.45, 7) is 4.46. The van der Waals surface area contributed by atoms with Crippen molar-refractivity contribution < 1.29 is 15.0 Å². The van der Waals surface area contributed by atoms with E-state index in [1.165, 1.54) is 62.9 Å². The standard InChI is InChI=1S/C27H54O3S2/c1-3-5-7-15-21-31-23-26(29)19-13-9-11-17-25(28)18-12-10-14-20-27(30)24-32-22-16-8-6-4-2/h26-27,29-30H,3-24H2,1-2H3. The number of aliphatic hydroxyl groups excluding tert-OH is 2. The quantitative estimate of drug-likeness (QED) is 0.121. The molecule has 2 N–H and O–H groups in total. The average Bonchev–Trinajstić information content (AvgIpc) is 2.78. The van der Waals surface area contributed by atoms with E-state index < -0.39 is 0 Å². The number of aliphatic hydroxyl groups is 2. The third kappa shape index (κ3) is 24.9. The highest BCUT2D eigenvalue weighted by atomic mass is 32.2. The molecule has 2 atom stereocenters. The van der Waals surface area contributed by atoms with E-state index in [0.717, 1.165) is 62.9 Å². The second-order valence-corrected chi connectivity index (χ2v) is 11.6. The highest BCUT2D eigenvalue weighted by Crippen LogP contribution is 2.15. The number of hydrogen-bond donors (Lipinski definition) is 2. The molecule has 0 spiro atoms. The summed E-state index contributed by atoms with van der Waals surface area (Å²) < 4.78 is 0. The van der Waals surface area contributed by atoms with Crippen LogP contribution < -0.4 is 0 Å². The van der Waals surface area contributed by atoms with Crippen molar-refractivity contribution in [1.82, 2.24) is 0 Å². The molecule has 0 aliphatic carbocycles. The van der Waals surface area contributed by atoms with E-state index in [4.69, 9.17) is 0 Å². The number of unbranched alkanes of at least 4 members (excludes halogenated alkanes) is 10. The van der Waals surface area contributed by atoms with Crippen LogP contribution in [0.3, 0.4) is 0 Å². The van der Waals surface area contributed by atoms with E-state index >= 15 is 0 Å². The summed E-state index contributed by atoms with van der Waals surface area (Å²) in [5.74, 6) is 4.44. The molecule has 0 heterocycles. The van der Waals surface area contributed by atoms with Gasteiger partial charge in [0.05, 0.1) is 12.2 Å². The fourth-order valence-corrected chi connectivity index (χ4v) is 5.78. The highest BCUT2D eigenvalue weighted by molar-refractivity contribution is 7.99. The van der Waals surface area contributed by atoms with Gasteiger partial charge in [0.2, 0.25) is 0 Å². The molecule has 0 fully saturated rings. The minimum atomic E-state index is -0.184. The van der Waals surface area contributed by atoms with E-state index in [9.17, 15) is 15.0 Å². The van der Waals surface area contributed by atoms with Crippen LogP contribution in [0.2, 0.25) is 0 Å². The molecule has 0 aliphatic heterocycles. The zero-order valence-electron chi connectivity index (χ0n) is 21.3. The van der Waals surface area contributed by atoms with Crippen LogP contribution in [0.4, 0.5) is 0 Å². The summed E-state index contributed by atoms with van der Waals surface area (Å²) in [5, 5.41) is 20.1. The van der Waals surface area contributed by atoms with Gasteiger partial charge in [-0.15, -0.1) is 0 Å². The van der Waals surface area contributed by atoms with Crippen molar-refractivity contribution in [3.63, 3.8) is 0 Å². The molecule has 32 heavy (non-hydrogen) atoms. The summed E-state index contributed by atoms with van der Waals surface area (Å²) in [6.07, 6.45) is 19.2. The second-order valence-electron chi connectivity index (χ2n) is 9.32. The Morgan fingerprint density at radius 1 is 0.594 bits per heavy atom. The fraction of sp³-hybridized carbons (Fsp3) is 0.963. The Labute approximate surface area is 208 Å². The summed E-state index contributed by atoms with van der Waals surface area (Å²) in [6, 6.07) is 0. The SMILES string of the molecule is CCCCCCSCC(O)CCCCCC(=O)CCCCCC(O)CSCCCCCC. The first kappa shape index (κ1) is 32.3. The molecule has 192 valence electrons. The maximum atomic E-state index is 12.0. The van der Waals surface area contributed by atoms with Gasteiger partial charge >= 0.3 is 0 Å². The van der Waals surface area contributed by atoms with Crippen molar-refractivity contribution in [2.24, 2.45) is 0 Å². The molecule has 0 aliphatic rings. The molecule has 0 aromatic carbocycles. The van der Waals surface area contributed by atoms with Crippen LogP contribution in [0.1, 0.15) is 129 Å². The molecule has 3 nitrogen and oxygen atoms in total. The largest absolute Gasteiger partial charge is 0.392 e. The van der Waals surface area contributed by atoms with E-state index in [-0.39, 0.29) is 12.2 Å². The molecule has 0 aromatic heterocycles. The maximum absolute atomic E-state index is 12.0. The molecular formula is C27H54O3S2. The maximum Gasteiger partial charge on any atom is 0.132 e. The Morgan fingerprint density at radius 3 is 1.41 bits per heavy atom. The Balaban J connectivity index is 3.37. The zero-order valence-corrected chi connectivity index (χ0v) is 23.0. The number of rotatable bonds is 26. The minimum absolute atomic E-state index is 0.184. The van der Waals surface area contributed by atoms with Gasteiger partial charge in [0.25, 0.3) is 0 Å². The minimum Gasteiger partial charge on any atom is -0.392 e. The molecule has 0 rings (SSSR count). The molecule has 2 unspecified atom stereocenters. The van der Waals surface area contributed by atoms with Crippen LogP contribution in [-0.4, -0.2) is 51.2 Å². The average molecular weight is 491 g/mol. The summed E-state index contributed by atoms with van der Waals surface area (Å²) >= 11 is 3.76. The summed E-state index contributed by atoms with van der Waals surface area (Å²) in [7, 11) is 0. The first-order valence-corrected chi connectivity index (χ1v) is 15.9. The number of thioether (sulfide) groups is 2. The van der Waals surface area contributed by atoms with Crippen molar-refractivity contribution in [3.05, 3.63) is 0 Å². The van der Waals surface area contributed by atoms with Gasteiger partial charge in [0, 0.05) is 24.3 Å². The second kappa shape index (κ2) is 25.9. The Bertz CT molecular complexity index is 359. The lowest BCUT2D eigenvalue weighted by Crippen LogP contribution is -2.10. The Morgan fingerprint density at radius 2 is 1.00 bits per heavy atom. The third-order valence-electron chi connectivity index (χ3n) is 5.89. The van der Waals surface area contributed by atoms with Crippen LogP contribution in [0.25, 0.3) is 0 Å². The van der Waals surface area contributed by atoms with E-state index in [1.807, 2.05) is 23.5 Å². The van der Waals surface area contributed by atoms with Gasteiger partial charge in [-0.1, -0.05) is 78.1 Å². The van der Waals surface area contributed by atoms with Gasteiger partial charge in [-0.3, -0.25) is 4.79 Å². The van der Waals surface area contributed by atoms with Crippen molar-refractivity contribution >= 4 is 29.3 Å². The smallest absolute Gasteiger partial charge is 0.132 e. The number of Topliss-reactive ketones (excluding diaryl/α,β-unsaturated/α-hetero) is 1. The number of ketones is 1. The van der Waals surface area contributed by atoms with Gasteiger partial charge < -0.3 is 10.2 Å². The lowest BCUT2D eigenvalue weighted by molar-refractivity contribution is -0.119. The third-order valence-corrected chi connectivity index (χ3v) is 8.29. The predicted octanol–water partition coefficient (Wildman–Crippen LogP) is 7.81. The van der Waals surface area contributed by atoms with Gasteiger partial charge in [-0.05, 0) is 50.0 Å². The fourth-order valence-electron chi connectivity index (χ4n) is 3.75. The van der Waals surface area contributed by atoms with Crippen LogP contribution in [0, 0.1) is 0 Å². The normalized spacial score (nSPS) is 13.4. The predicted molar refractivity (Wildman–Crippen MR) is 146 cm³/mol. The van der Waals surface area contributed by atoms with Crippen molar-refractivity contribution in [2.45, 2.75) is 142 Å². The molecule has 0 bridgehead atoms. The summed E-state index contributed by atoms with van der Waals surface area (Å²) in [5.41, 5.74) is 0. The van der Waals surface area contributed by atoms with Gasteiger partial charge in [-0.25, -0.2) is 0 Å². The van der Waals surface area contributed by atoms with E-state index in [2.05, 4.69) is 13.8 Å². The first-order valence-electron chi connectivity index (χ1n) is 13.6. The zero-order chi connectivity index (χ0) is 23.7.